The maximum Gasteiger partial charge on any atom is 0.0875 e. The normalized spacial score (nSPS) is 12.0. The third kappa shape index (κ3) is 4.85. The Kier molecular flexibility index (Phi) is 7.11. The van der Waals surface area contributed by atoms with Crippen molar-refractivity contribution in [2.45, 2.75) is 0 Å². The zero-order chi connectivity index (χ0) is 35.6. The predicted molar refractivity (Wildman–Crippen MR) is 236 cm³/mol. The topological polar surface area (TPSA) is 4.93 Å². The molecule has 11 aromatic rings. The largest absolute Gasteiger partial charge is 0.309 e. The first-order valence-electron chi connectivity index (χ1n) is 18.8. The summed E-state index contributed by atoms with van der Waals surface area (Å²) in [5.41, 5.74) is 8.71. The van der Waals surface area contributed by atoms with Gasteiger partial charge in [-0.05, 0) is 95.7 Å². The predicted octanol–water partition coefficient (Wildman–Crippen LogP) is 11.9. The number of hydrogen-bond acceptors (Lipinski definition) is 0. The maximum atomic E-state index is 2.53. The van der Waals surface area contributed by atoms with Crippen molar-refractivity contribution >= 4 is 84.8 Å². The van der Waals surface area contributed by atoms with Gasteiger partial charge in [0.2, 0.25) is 0 Å². The van der Waals surface area contributed by atoms with Crippen molar-refractivity contribution in [1.29, 1.82) is 0 Å². The molecule has 0 atom stereocenters. The highest BCUT2D eigenvalue weighted by Crippen LogP contribution is 2.46. The molecule has 252 valence electrons. The molecule has 0 unspecified atom stereocenters. The first-order chi connectivity index (χ1) is 26.8. The van der Waals surface area contributed by atoms with E-state index in [0.29, 0.717) is 0 Å². The van der Waals surface area contributed by atoms with E-state index in [9.17, 15) is 0 Å². The lowest BCUT2D eigenvalue weighted by atomic mass is 9.84. The fourth-order valence-electron chi connectivity index (χ4n) is 9.03. The molecule has 0 N–H and O–H groups in total. The standard InChI is InChI=1S/C52H35NSi/c1-2-18-37(19-3-1)54-38-29-30-46-48(33-38)52(47-32-34-15-4-5-20-39(34)40-21-6-7-22-41(40)47)45-26-9-8-25-44(45)51(46)35-16-14-17-36(31-35)53-49-27-12-10-23-42(49)43-24-11-13-28-50(43)53/h1-33H,54H2. The fourth-order valence-corrected chi connectivity index (χ4v) is 10.6. The second kappa shape index (κ2) is 12.4. The van der Waals surface area contributed by atoms with Crippen molar-refractivity contribution in [2.75, 3.05) is 0 Å². The van der Waals surface area contributed by atoms with Crippen LogP contribution in [-0.4, -0.2) is 14.1 Å². The molecule has 0 saturated heterocycles. The van der Waals surface area contributed by atoms with E-state index < -0.39 is 9.52 Å². The lowest BCUT2D eigenvalue weighted by molar-refractivity contribution is 1.18. The molecule has 0 bridgehead atoms. The van der Waals surface area contributed by atoms with Crippen molar-refractivity contribution in [1.82, 2.24) is 4.57 Å². The summed E-state index contributed by atoms with van der Waals surface area (Å²) in [6.45, 7) is 0. The van der Waals surface area contributed by atoms with Crippen LogP contribution in [0.15, 0.2) is 200 Å². The second-order valence-corrected chi connectivity index (χ2v) is 16.4. The summed E-state index contributed by atoms with van der Waals surface area (Å²) >= 11 is 0. The highest BCUT2D eigenvalue weighted by Gasteiger charge is 2.20. The van der Waals surface area contributed by atoms with Gasteiger partial charge in [0.25, 0.3) is 0 Å². The van der Waals surface area contributed by atoms with Crippen molar-refractivity contribution in [3.05, 3.63) is 200 Å². The van der Waals surface area contributed by atoms with Crippen LogP contribution in [0.2, 0.25) is 0 Å². The van der Waals surface area contributed by atoms with Crippen molar-refractivity contribution < 1.29 is 0 Å². The van der Waals surface area contributed by atoms with Crippen LogP contribution in [-0.2, 0) is 0 Å². The summed E-state index contributed by atoms with van der Waals surface area (Å²) in [6.07, 6.45) is 0. The highest BCUT2D eigenvalue weighted by molar-refractivity contribution is 6.67. The monoisotopic (exact) mass is 701 g/mol. The number of nitrogens with zero attached hydrogens (tertiary/aromatic N) is 1. The van der Waals surface area contributed by atoms with Gasteiger partial charge in [0.05, 0.1) is 20.6 Å². The molecule has 0 aliphatic rings. The van der Waals surface area contributed by atoms with E-state index in [1.54, 1.807) is 0 Å². The molecule has 11 rings (SSSR count). The van der Waals surface area contributed by atoms with Crippen molar-refractivity contribution in [2.24, 2.45) is 0 Å². The maximum absolute atomic E-state index is 2.53. The lowest BCUT2D eigenvalue weighted by Crippen LogP contribution is -2.26. The Balaban J connectivity index is 1.23. The highest BCUT2D eigenvalue weighted by atomic mass is 28.2. The van der Waals surface area contributed by atoms with E-state index in [-0.39, 0.29) is 0 Å². The van der Waals surface area contributed by atoms with Gasteiger partial charge in [-0.1, -0.05) is 180 Å². The average Bonchev–Trinajstić information content (AvgIpc) is 3.57. The van der Waals surface area contributed by atoms with Gasteiger partial charge in [-0.2, -0.15) is 0 Å². The van der Waals surface area contributed by atoms with E-state index in [4.69, 9.17) is 0 Å². The Hall–Kier alpha value is -6.74. The summed E-state index contributed by atoms with van der Waals surface area (Å²) in [5, 5.41) is 15.7. The summed E-state index contributed by atoms with van der Waals surface area (Å²) < 4.78 is 2.43. The first kappa shape index (κ1) is 30.8. The van der Waals surface area contributed by atoms with Crippen LogP contribution >= 0.6 is 0 Å². The molecule has 0 amide bonds. The minimum Gasteiger partial charge on any atom is -0.309 e. The first-order valence-corrected chi connectivity index (χ1v) is 20.2. The third-order valence-electron chi connectivity index (χ3n) is 11.3. The van der Waals surface area contributed by atoms with Gasteiger partial charge >= 0.3 is 0 Å². The fraction of sp³-hybridized carbons (Fsp3) is 0. The van der Waals surface area contributed by atoms with E-state index in [1.165, 1.54) is 103 Å². The molecule has 1 nitrogen and oxygen atoms in total. The Bertz CT molecular complexity index is 3190. The van der Waals surface area contributed by atoms with E-state index in [1.807, 2.05) is 0 Å². The van der Waals surface area contributed by atoms with E-state index in [0.717, 1.165) is 0 Å². The molecule has 0 aliphatic heterocycles. The van der Waals surface area contributed by atoms with Crippen LogP contribution in [0.1, 0.15) is 0 Å². The molecule has 0 saturated carbocycles. The molecule has 54 heavy (non-hydrogen) atoms. The van der Waals surface area contributed by atoms with Crippen LogP contribution in [0.5, 0.6) is 0 Å². The number of rotatable bonds is 5. The Morgan fingerprint density at radius 3 is 1.63 bits per heavy atom. The molecular weight excluding hydrogens is 667 g/mol. The lowest BCUT2D eigenvalue weighted by Gasteiger charge is -2.21. The van der Waals surface area contributed by atoms with Gasteiger partial charge < -0.3 is 4.57 Å². The molecule has 0 fully saturated rings. The van der Waals surface area contributed by atoms with Crippen LogP contribution in [0.4, 0.5) is 0 Å². The summed E-state index contributed by atoms with van der Waals surface area (Å²) in [6, 6.07) is 74.4. The quantitative estimate of drug-likeness (QED) is 0.0956. The molecular formula is C52H35NSi. The summed E-state index contributed by atoms with van der Waals surface area (Å²) in [4.78, 5) is 0. The molecule has 2 heteroatoms. The van der Waals surface area contributed by atoms with E-state index in [2.05, 4.69) is 205 Å². The number of aromatic nitrogens is 1. The van der Waals surface area contributed by atoms with Gasteiger partial charge in [0.15, 0.2) is 0 Å². The van der Waals surface area contributed by atoms with Gasteiger partial charge in [-0.25, -0.2) is 0 Å². The van der Waals surface area contributed by atoms with Crippen LogP contribution in [0, 0.1) is 0 Å². The van der Waals surface area contributed by atoms with Gasteiger partial charge in [-0.15, -0.1) is 0 Å². The zero-order valence-corrected chi connectivity index (χ0v) is 31.1. The summed E-state index contributed by atoms with van der Waals surface area (Å²) in [5.74, 6) is 0. The average molecular weight is 702 g/mol. The zero-order valence-electron chi connectivity index (χ0n) is 29.7. The SMILES string of the molecule is c1ccc([SiH2]c2ccc3c(-c4cccc(-n5c6ccccc6c6ccccc65)c4)c4ccccc4c(-c4cc5ccccc5c5ccccc45)c3c2)cc1. The van der Waals surface area contributed by atoms with E-state index >= 15 is 0 Å². The smallest absolute Gasteiger partial charge is 0.0875 e. The van der Waals surface area contributed by atoms with Crippen molar-refractivity contribution in [3.63, 3.8) is 0 Å². The molecule has 0 aliphatic carbocycles. The molecule has 0 radical (unpaired) electrons. The van der Waals surface area contributed by atoms with Gasteiger partial charge in [0.1, 0.15) is 0 Å². The minimum atomic E-state index is -0.698. The van der Waals surface area contributed by atoms with Crippen LogP contribution in [0.25, 0.3) is 92.8 Å². The Labute approximate surface area is 316 Å². The van der Waals surface area contributed by atoms with Crippen LogP contribution < -0.4 is 10.4 Å². The minimum absolute atomic E-state index is 0.698. The number of fused-ring (bicyclic) bond motifs is 8. The van der Waals surface area contributed by atoms with Gasteiger partial charge in [-0.3, -0.25) is 0 Å². The van der Waals surface area contributed by atoms with Gasteiger partial charge in [0, 0.05) is 16.5 Å². The van der Waals surface area contributed by atoms with Crippen LogP contribution in [0.3, 0.4) is 0 Å². The van der Waals surface area contributed by atoms with Crippen molar-refractivity contribution in [3.8, 4) is 27.9 Å². The second-order valence-electron chi connectivity index (χ2n) is 14.4. The third-order valence-corrected chi connectivity index (χ3v) is 13.1. The number of benzene rings is 10. The molecule has 0 spiro atoms. The Morgan fingerprint density at radius 1 is 0.315 bits per heavy atom. The molecule has 1 heterocycles. The molecule has 1 aromatic heterocycles. The number of hydrogen-bond donors (Lipinski definition) is 0. The molecule has 10 aromatic carbocycles. The Morgan fingerprint density at radius 2 is 0.889 bits per heavy atom. The summed E-state index contributed by atoms with van der Waals surface area (Å²) in [7, 11) is -0.698. The number of para-hydroxylation sites is 2.